The fourth-order valence-electron chi connectivity index (χ4n) is 2.78. The number of carbonyl (C=O) groups is 1. The maximum absolute atomic E-state index is 12.5. The van der Waals surface area contributed by atoms with Crippen molar-refractivity contribution in [1.29, 1.82) is 0 Å². The van der Waals surface area contributed by atoms with Gasteiger partial charge in [0.1, 0.15) is 6.73 Å². The van der Waals surface area contributed by atoms with Crippen LogP contribution in [0.25, 0.3) is 0 Å². The van der Waals surface area contributed by atoms with Gasteiger partial charge in [-0.1, -0.05) is 32.6 Å². The third-order valence-corrected chi connectivity index (χ3v) is 6.58. The molecule has 0 aromatic heterocycles. The maximum Gasteiger partial charge on any atom is 0.228 e. The minimum Gasteiger partial charge on any atom is -0.362 e. The molecule has 0 heterocycles. The highest BCUT2D eigenvalue weighted by molar-refractivity contribution is 14.1. The predicted octanol–water partition coefficient (Wildman–Crippen LogP) is 3.82. The van der Waals surface area contributed by atoms with Gasteiger partial charge >= 0.3 is 0 Å². The summed E-state index contributed by atoms with van der Waals surface area (Å²) in [6.07, 6.45) is 1.64. The Morgan fingerprint density at radius 3 is 2.68 bits per heavy atom. The van der Waals surface area contributed by atoms with Gasteiger partial charge in [0.05, 0.1) is 5.41 Å². The largest absolute Gasteiger partial charge is 0.362 e. The molecule has 5 heteroatoms. The highest BCUT2D eigenvalue weighted by atomic mass is 127. The zero-order valence-electron chi connectivity index (χ0n) is 14.0. The lowest BCUT2D eigenvalue weighted by Gasteiger charge is -2.23. The molecule has 2 rings (SSSR count). The molecule has 1 aliphatic rings. The monoisotopic (exact) mass is 431 g/mol. The van der Waals surface area contributed by atoms with E-state index in [1.54, 1.807) is 0 Å². The minimum atomic E-state index is -1.06. The first kappa shape index (κ1) is 17.9. The zero-order valence-corrected chi connectivity index (χ0v) is 17.1. The van der Waals surface area contributed by atoms with Crippen molar-refractivity contribution in [2.45, 2.75) is 45.5 Å². The van der Waals surface area contributed by atoms with Gasteiger partial charge in [0, 0.05) is 18.3 Å². The summed E-state index contributed by atoms with van der Waals surface area (Å²) in [5.74, 6) is 0.103. The molecule has 1 aliphatic carbocycles. The minimum absolute atomic E-state index is 0.103. The quantitative estimate of drug-likeness (QED) is 0.322. The molecule has 0 fully saturated rings. The fraction of sp³-hybridized carbons (Fsp3) is 0.588. The smallest absolute Gasteiger partial charge is 0.228 e. The van der Waals surface area contributed by atoms with E-state index in [1.165, 1.54) is 14.7 Å². The Kier molecular flexibility index (Phi) is 5.72. The number of fused-ring (bicyclic) bond motifs is 1. The van der Waals surface area contributed by atoms with E-state index in [1.807, 2.05) is 0 Å². The molecule has 1 amide bonds. The van der Waals surface area contributed by atoms with Gasteiger partial charge in [0.2, 0.25) is 5.91 Å². The number of carbonyl (C=O) groups excluding carboxylic acids is 1. The molecule has 1 aromatic rings. The van der Waals surface area contributed by atoms with Crippen LogP contribution in [-0.2, 0) is 22.4 Å². The summed E-state index contributed by atoms with van der Waals surface area (Å²) in [6, 6.07) is 7.59. The van der Waals surface area contributed by atoms with E-state index in [0.29, 0.717) is 6.73 Å². The molecule has 1 aromatic carbocycles. The molecule has 122 valence electrons. The van der Waals surface area contributed by atoms with Crippen molar-refractivity contribution >= 4 is 36.6 Å². The highest BCUT2D eigenvalue weighted by Crippen LogP contribution is 2.37. The van der Waals surface area contributed by atoms with Gasteiger partial charge in [-0.15, -0.1) is 0 Å². The lowest BCUT2D eigenvalue weighted by atomic mass is 9.86. The molecular weight excluding hydrogens is 405 g/mol. The first-order valence-corrected chi connectivity index (χ1v) is 12.6. The number of amides is 1. The van der Waals surface area contributed by atoms with Crippen LogP contribution >= 0.6 is 22.6 Å². The average Bonchev–Trinajstić information content (AvgIpc) is 2.73. The van der Waals surface area contributed by atoms with Crippen LogP contribution in [0.1, 0.15) is 18.1 Å². The number of benzene rings is 1. The summed E-state index contributed by atoms with van der Waals surface area (Å²) in [5, 5.41) is 2.95. The van der Waals surface area contributed by atoms with Crippen molar-refractivity contribution in [3.8, 4) is 0 Å². The van der Waals surface area contributed by atoms with E-state index < -0.39 is 8.07 Å². The number of halogens is 1. The van der Waals surface area contributed by atoms with Gasteiger partial charge in [0.25, 0.3) is 0 Å². The molecule has 0 spiro atoms. The molecular formula is C17H26INO2Si. The molecule has 3 nitrogen and oxygen atoms in total. The number of nitrogens with one attached hydrogen (secondary N) is 1. The second kappa shape index (κ2) is 7.01. The molecule has 0 saturated carbocycles. The molecule has 0 bridgehead atoms. The average molecular weight is 431 g/mol. The van der Waals surface area contributed by atoms with Crippen LogP contribution < -0.4 is 5.32 Å². The fourth-order valence-corrected chi connectivity index (χ4v) is 4.09. The molecule has 0 radical (unpaired) electrons. The topological polar surface area (TPSA) is 38.3 Å². The molecule has 0 aliphatic heterocycles. The number of hydrogen-bond acceptors (Lipinski definition) is 2. The lowest BCUT2D eigenvalue weighted by Crippen LogP contribution is -2.40. The zero-order chi connectivity index (χ0) is 16.4. The number of ether oxygens (including phenoxy) is 1. The third-order valence-electron chi connectivity index (χ3n) is 4.21. The van der Waals surface area contributed by atoms with Crippen molar-refractivity contribution < 1.29 is 9.53 Å². The third kappa shape index (κ3) is 4.79. The van der Waals surface area contributed by atoms with Crippen LogP contribution in [0, 0.1) is 8.99 Å². The van der Waals surface area contributed by atoms with Gasteiger partial charge < -0.3 is 10.1 Å². The number of hydrogen-bond donors (Lipinski definition) is 1. The summed E-state index contributed by atoms with van der Waals surface area (Å²) in [4.78, 5) is 12.5. The molecule has 1 atom stereocenters. The van der Waals surface area contributed by atoms with Crippen molar-refractivity contribution in [1.82, 2.24) is 5.32 Å². The SMILES string of the molecule is CC1(C(=O)NCOCC[Si](C)(C)C)Cc2ccc(I)cc2C1. The molecule has 1 N–H and O–H groups in total. The number of rotatable bonds is 6. The normalized spacial score (nSPS) is 20.8. The van der Waals surface area contributed by atoms with Crippen LogP contribution in [0.4, 0.5) is 0 Å². The molecule has 0 saturated heterocycles. The second-order valence-electron chi connectivity index (χ2n) is 7.70. The van der Waals surface area contributed by atoms with E-state index in [4.69, 9.17) is 4.74 Å². The van der Waals surface area contributed by atoms with E-state index >= 15 is 0 Å². The summed E-state index contributed by atoms with van der Waals surface area (Å²) in [6.45, 7) is 10.1. The van der Waals surface area contributed by atoms with Crippen LogP contribution in [0.5, 0.6) is 0 Å². The summed E-state index contributed by atoms with van der Waals surface area (Å²) in [7, 11) is -1.06. The molecule has 1 unspecified atom stereocenters. The van der Waals surface area contributed by atoms with Crippen LogP contribution in [-0.4, -0.2) is 27.3 Å². The highest BCUT2D eigenvalue weighted by Gasteiger charge is 2.39. The first-order valence-electron chi connectivity index (χ1n) is 7.83. The van der Waals surface area contributed by atoms with Crippen molar-refractivity contribution in [3.05, 3.63) is 32.9 Å². The Bertz CT molecular complexity index is 556. The Labute approximate surface area is 148 Å². The summed E-state index contributed by atoms with van der Waals surface area (Å²) >= 11 is 2.32. The van der Waals surface area contributed by atoms with Gasteiger partial charge in [-0.3, -0.25) is 4.79 Å². The van der Waals surface area contributed by atoms with Crippen molar-refractivity contribution in [2.75, 3.05) is 13.3 Å². The van der Waals surface area contributed by atoms with E-state index in [0.717, 1.165) is 25.5 Å². The van der Waals surface area contributed by atoms with E-state index in [9.17, 15) is 4.79 Å². The van der Waals surface area contributed by atoms with Crippen molar-refractivity contribution in [3.63, 3.8) is 0 Å². The van der Waals surface area contributed by atoms with Gasteiger partial charge in [-0.2, -0.15) is 0 Å². The van der Waals surface area contributed by atoms with Crippen LogP contribution in [0.3, 0.4) is 0 Å². The van der Waals surface area contributed by atoms with Gasteiger partial charge in [0.15, 0.2) is 0 Å². The molecule has 22 heavy (non-hydrogen) atoms. The Hall–Kier alpha value is -0.403. The first-order chi connectivity index (χ1) is 10.2. The standard InChI is InChI=1S/C17H26INO2Si/c1-17(10-13-5-6-15(18)9-14(13)11-17)16(20)19-12-21-7-8-22(2,3)4/h5-6,9H,7-8,10-12H2,1-4H3,(H,19,20). The van der Waals surface area contributed by atoms with Gasteiger partial charge in [-0.05, 0) is 64.7 Å². The maximum atomic E-state index is 12.5. The summed E-state index contributed by atoms with van der Waals surface area (Å²) in [5.41, 5.74) is 2.27. The lowest BCUT2D eigenvalue weighted by molar-refractivity contribution is -0.131. The van der Waals surface area contributed by atoms with E-state index in [2.05, 4.69) is 72.7 Å². The second-order valence-corrected chi connectivity index (χ2v) is 14.6. The van der Waals surface area contributed by atoms with Gasteiger partial charge in [-0.25, -0.2) is 0 Å². The van der Waals surface area contributed by atoms with Crippen LogP contribution in [0.15, 0.2) is 18.2 Å². The Balaban J connectivity index is 1.81. The van der Waals surface area contributed by atoms with Crippen LogP contribution in [0.2, 0.25) is 25.7 Å². The predicted molar refractivity (Wildman–Crippen MR) is 102 cm³/mol. The van der Waals surface area contributed by atoms with E-state index in [-0.39, 0.29) is 11.3 Å². The van der Waals surface area contributed by atoms with Crippen molar-refractivity contribution in [2.24, 2.45) is 5.41 Å². The Morgan fingerprint density at radius 2 is 2.00 bits per heavy atom. The Morgan fingerprint density at radius 1 is 1.32 bits per heavy atom. The summed E-state index contributed by atoms with van der Waals surface area (Å²) < 4.78 is 6.81.